The van der Waals surface area contributed by atoms with Gasteiger partial charge in [0.2, 0.25) is 0 Å². The Morgan fingerprint density at radius 1 is 1.27 bits per heavy atom. The van der Waals surface area contributed by atoms with E-state index in [1.165, 1.54) is 6.07 Å². The fourth-order valence-electron chi connectivity index (χ4n) is 2.79. The van der Waals surface area contributed by atoms with Gasteiger partial charge in [-0.15, -0.1) is 0 Å². The summed E-state index contributed by atoms with van der Waals surface area (Å²) in [5, 5.41) is 13.8. The number of benzene rings is 1. The molecule has 1 saturated carbocycles. The van der Waals surface area contributed by atoms with Crippen LogP contribution < -0.4 is 11.1 Å². The highest BCUT2D eigenvalue weighted by Crippen LogP contribution is 2.38. The number of nitrogens with one attached hydrogen (secondary N) is 1. The number of anilines is 1. The predicted octanol–water partition coefficient (Wildman–Crippen LogP) is 3.54. The SMILES string of the molecule is NCC1CCC(Nc2ccc([N+](=O)[O-])c(C(F)(F)F)c2)CC1. The van der Waals surface area contributed by atoms with Crippen molar-refractivity contribution in [2.24, 2.45) is 11.7 Å². The van der Waals surface area contributed by atoms with Crippen LogP contribution in [0.3, 0.4) is 0 Å². The minimum absolute atomic E-state index is 0.0744. The molecule has 0 bridgehead atoms. The van der Waals surface area contributed by atoms with E-state index in [0.717, 1.165) is 37.8 Å². The second-order valence-electron chi connectivity index (χ2n) is 5.58. The van der Waals surface area contributed by atoms with Crippen LogP contribution >= 0.6 is 0 Å². The fourth-order valence-corrected chi connectivity index (χ4v) is 2.79. The van der Waals surface area contributed by atoms with E-state index in [1.54, 1.807) is 0 Å². The highest BCUT2D eigenvalue weighted by Gasteiger charge is 2.38. The monoisotopic (exact) mass is 317 g/mol. The van der Waals surface area contributed by atoms with Gasteiger partial charge in [0.15, 0.2) is 0 Å². The highest BCUT2D eigenvalue weighted by atomic mass is 19.4. The van der Waals surface area contributed by atoms with Crippen LogP contribution in [-0.2, 0) is 6.18 Å². The summed E-state index contributed by atoms with van der Waals surface area (Å²) in [6, 6.07) is 3.11. The highest BCUT2D eigenvalue weighted by molar-refractivity contribution is 5.55. The predicted molar refractivity (Wildman–Crippen MR) is 76.5 cm³/mol. The van der Waals surface area contributed by atoms with Crippen molar-refractivity contribution in [1.82, 2.24) is 0 Å². The van der Waals surface area contributed by atoms with Crippen molar-refractivity contribution in [3.05, 3.63) is 33.9 Å². The Morgan fingerprint density at radius 2 is 1.91 bits per heavy atom. The molecule has 1 aromatic rings. The average molecular weight is 317 g/mol. The third-order valence-corrected chi connectivity index (χ3v) is 4.05. The van der Waals surface area contributed by atoms with E-state index in [-0.39, 0.29) is 11.7 Å². The van der Waals surface area contributed by atoms with Gasteiger partial charge < -0.3 is 11.1 Å². The van der Waals surface area contributed by atoms with Gasteiger partial charge in [0, 0.05) is 17.8 Å². The molecule has 3 N–H and O–H groups in total. The number of hydrogen-bond acceptors (Lipinski definition) is 4. The van der Waals surface area contributed by atoms with Gasteiger partial charge in [-0.05, 0) is 50.3 Å². The van der Waals surface area contributed by atoms with Crippen molar-refractivity contribution in [3.8, 4) is 0 Å². The Balaban J connectivity index is 2.14. The second kappa shape index (κ2) is 6.51. The molecular formula is C14H18F3N3O2. The van der Waals surface area contributed by atoms with E-state index in [4.69, 9.17) is 5.73 Å². The zero-order valence-corrected chi connectivity index (χ0v) is 11.9. The summed E-state index contributed by atoms with van der Waals surface area (Å²) in [4.78, 5) is 9.70. The zero-order chi connectivity index (χ0) is 16.3. The first-order chi connectivity index (χ1) is 10.3. The number of alkyl halides is 3. The lowest BCUT2D eigenvalue weighted by atomic mass is 9.86. The summed E-state index contributed by atoms with van der Waals surface area (Å²) in [5.41, 5.74) is 3.71. The maximum Gasteiger partial charge on any atom is 0.423 e. The smallest absolute Gasteiger partial charge is 0.382 e. The molecule has 0 atom stereocenters. The first kappa shape index (κ1) is 16.5. The molecule has 0 saturated heterocycles. The lowest BCUT2D eigenvalue weighted by molar-refractivity contribution is -0.388. The molecule has 2 rings (SSSR count). The molecule has 1 aliphatic rings. The Kier molecular flexibility index (Phi) is 4.90. The van der Waals surface area contributed by atoms with Crippen LogP contribution in [0.15, 0.2) is 18.2 Å². The normalized spacial score (nSPS) is 22.4. The van der Waals surface area contributed by atoms with E-state index < -0.39 is 22.4 Å². The third kappa shape index (κ3) is 3.88. The molecule has 122 valence electrons. The van der Waals surface area contributed by atoms with Crippen LogP contribution in [0, 0.1) is 16.0 Å². The molecule has 1 aromatic carbocycles. The Bertz CT molecular complexity index is 541. The molecule has 0 amide bonds. The maximum atomic E-state index is 12.9. The van der Waals surface area contributed by atoms with Crippen molar-refractivity contribution in [2.45, 2.75) is 37.9 Å². The first-order valence-electron chi connectivity index (χ1n) is 7.13. The van der Waals surface area contributed by atoms with Gasteiger partial charge in [0.05, 0.1) is 4.92 Å². The average Bonchev–Trinajstić information content (AvgIpc) is 2.47. The second-order valence-corrected chi connectivity index (χ2v) is 5.58. The summed E-state index contributed by atoms with van der Waals surface area (Å²) in [6.45, 7) is 0.627. The maximum absolute atomic E-state index is 12.9. The van der Waals surface area contributed by atoms with Crippen LogP contribution in [0.4, 0.5) is 24.5 Å². The number of nitro benzene ring substituents is 1. The standard InChI is InChI=1S/C14H18F3N3O2/c15-14(16,17)12-7-11(5-6-13(12)20(21)22)19-10-3-1-9(8-18)2-4-10/h5-7,9-10,19H,1-4,8,18H2. The number of rotatable bonds is 4. The minimum atomic E-state index is -4.75. The summed E-state index contributed by atoms with van der Waals surface area (Å²) in [7, 11) is 0. The number of hydrogen-bond donors (Lipinski definition) is 2. The molecule has 0 aromatic heterocycles. The van der Waals surface area contributed by atoms with E-state index in [2.05, 4.69) is 5.32 Å². The van der Waals surface area contributed by atoms with E-state index in [0.29, 0.717) is 12.5 Å². The van der Waals surface area contributed by atoms with Crippen LogP contribution in [0.5, 0.6) is 0 Å². The molecule has 5 nitrogen and oxygen atoms in total. The van der Waals surface area contributed by atoms with E-state index >= 15 is 0 Å². The molecule has 0 spiro atoms. The molecule has 1 aliphatic carbocycles. The number of nitrogens with zero attached hydrogens (tertiary/aromatic N) is 1. The van der Waals surface area contributed by atoms with Crippen molar-refractivity contribution >= 4 is 11.4 Å². The van der Waals surface area contributed by atoms with Crippen molar-refractivity contribution in [1.29, 1.82) is 0 Å². The number of nitro groups is 1. The Hall–Kier alpha value is -1.83. The van der Waals surface area contributed by atoms with E-state index in [9.17, 15) is 23.3 Å². The largest absolute Gasteiger partial charge is 0.423 e. The Labute approximate surface area is 125 Å². The van der Waals surface area contributed by atoms with Gasteiger partial charge in [-0.1, -0.05) is 0 Å². The molecule has 8 heteroatoms. The quantitative estimate of drug-likeness (QED) is 0.657. The van der Waals surface area contributed by atoms with Gasteiger partial charge in [-0.3, -0.25) is 10.1 Å². The summed E-state index contributed by atoms with van der Waals surface area (Å²) >= 11 is 0. The van der Waals surface area contributed by atoms with Gasteiger partial charge in [0.25, 0.3) is 5.69 Å². The van der Waals surface area contributed by atoms with Crippen LogP contribution in [0.1, 0.15) is 31.2 Å². The van der Waals surface area contributed by atoms with Crippen LogP contribution in [-0.4, -0.2) is 17.5 Å². The summed E-state index contributed by atoms with van der Waals surface area (Å²) in [6.07, 6.45) is -1.21. The third-order valence-electron chi connectivity index (χ3n) is 4.05. The molecule has 0 heterocycles. The molecule has 0 aliphatic heterocycles. The van der Waals surface area contributed by atoms with Crippen molar-refractivity contribution < 1.29 is 18.1 Å². The van der Waals surface area contributed by atoms with Crippen molar-refractivity contribution in [3.63, 3.8) is 0 Å². The molecule has 1 fully saturated rings. The number of nitrogens with two attached hydrogens (primary N) is 1. The van der Waals surface area contributed by atoms with Gasteiger partial charge in [0.1, 0.15) is 5.56 Å². The van der Waals surface area contributed by atoms with E-state index in [1.807, 2.05) is 0 Å². The van der Waals surface area contributed by atoms with Gasteiger partial charge in [-0.2, -0.15) is 13.2 Å². The van der Waals surface area contributed by atoms with Crippen LogP contribution in [0.25, 0.3) is 0 Å². The topological polar surface area (TPSA) is 81.2 Å². The molecule has 22 heavy (non-hydrogen) atoms. The first-order valence-corrected chi connectivity index (χ1v) is 7.13. The lowest BCUT2D eigenvalue weighted by Crippen LogP contribution is -2.29. The summed E-state index contributed by atoms with van der Waals surface area (Å²) < 4.78 is 38.8. The lowest BCUT2D eigenvalue weighted by Gasteiger charge is -2.29. The van der Waals surface area contributed by atoms with Gasteiger partial charge >= 0.3 is 6.18 Å². The fraction of sp³-hybridized carbons (Fsp3) is 0.571. The minimum Gasteiger partial charge on any atom is -0.382 e. The van der Waals surface area contributed by atoms with Crippen LogP contribution in [0.2, 0.25) is 0 Å². The summed E-state index contributed by atoms with van der Waals surface area (Å²) in [5.74, 6) is 0.473. The molecule has 0 radical (unpaired) electrons. The molecular weight excluding hydrogens is 299 g/mol. The number of halogens is 3. The zero-order valence-electron chi connectivity index (χ0n) is 11.9. The molecule has 0 unspecified atom stereocenters. The van der Waals surface area contributed by atoms with Gasteiger partial charge in [-0.25, -0.2) is 0 Å². The Morgan fingerprint density at radius 3 is 2.41 bits per heavy atom. The van der Waals surface area contributed by atoms with Crippen molar-refractivity contribution in [2.75, 3.05) is 11.9 Å².